The maximum atomic E-state index is 11.8. The highest BCUT2D eigenvalue weighted by Crippen LogP contribution is 2.48. The van der Waals surface area contributed by atoms with Gasteiger partial charge in [-0.3, -0.25) is 10.1 Å². The number of para-hydroxylation sites is 1. The normalized spacial score (nSPS) is 29.6. The highest BCUT2D eigenvalue weighted by Gasteiger charge is 2.74. The third kappa shape index (κ3) is 1.45. The number of benzene rings is 1. The van der Waals surface area contributed by atoms with Crippen LogP contribution in [0.25, 0.3) is 0 Å². The van der Waals surface area contributed by atoms with Gasteiger partial charge in [0.15, 0.2) is 0 Å². The van der Waals surface area contributed by atoms with Crippen LogP contribution >= 0.6 is 0 Å². The lowest BCUT2D eigenvalue weighted by atomic mass is 10.2. The molecule has 0 saturated heterocycles. The van der Waals surface area contributed by atoms with Crippen molar-refractivity contribution < 1.29 is 19.2 Å². The molecule has 1 heterocycles. The van der Waals surface area contributed by atoms with E-state index >= 15 is 0 Å². The SMILES string of the molecule is O=C1OCc2ccccc2OC[C@@H]2C[C@@]12[N+](=O)[O-]. The van der Waals surface area contributed by atoms with Crippen LogP contribution in [-0.2, 0) is 16.1 Å². The molecule has 2 atom stereocenters. The first-order chi connectivity index (χ1) is 8.64. The molecule has 1 aromatic rings. The molecule has 0 spiro atoms. The molecule has 1 saturated carbocycles. The van der Waals surface area contributed by atoms with Gasteiger partial charge >= 0.3 is 11.5 Å². The summed E-state index contributed by atoms with van der Waals surface area (Å²) in [6, 6.07) is 7.16. The van der Waals surface area contributed by atoms with E-state index in [2.05, 4.69) is 0 Å². The third-order valence-electron chi connectivity index (χ3n) is 3.52. The van der Waals surface area contributed by atoms with Gasteiger partial charge in [0.05, 0.1) is 12.5 Å². The van der Waals surface area contributed by atoms with Gasteiger partial charge in [-0.2, -0.15) is 0 Å². The van der Waals surface area contributed by atoms with E-state index in [0.29, 0.717) is 5.75 Å². The van der Waals surface area contributed by atoms with E-state index in [1.165, 1.54) is 0 Å². The van der Waals surface area contributed by atoms with Crippen molar-refractivity contribution in [1.29, 1.82) is 0 Å². The average Bonchev–Trinajstić information content (AvgIpc) is 3.09. The highest BCUT2D eigenvalue weighted by atomic mass is 16.6. The lowest BCUT2D eigenvalue weighted by Crippen LogP contribution is -2.36. The van der Waals surface area contributed by atoms with Gasteiger partial charge in [-0.05, 0) is 6.07 Å². The van der Waals surface area contributed by atoms with E-state index in [4.69, 9.17) is 9.47 Å². The number of cyclic esters (lactones) is 1. The zero-order chi connectivity index (χ0) is 12.8. The summed E-state index contributed by atoms with van der Waals surface area (Å²) in [7, 11) is 0. The Balaban J connectivity index is 1.91. The lowest BCUT2D eigenvalue weighted by molar-refractivity contribution is -0.529. The summed E-state index contributed by atoms with van der Waals surface area (Å²) < 4.78 is 10.6. The summed E-state index contributed by atoms with van der Waals surface area (Å²) in [4.78, 5) is 22.3. The topological polar surface area (TPSA) is 78.7 Å². The van der Waals surface area contributed by atoms with Crippen molar-refractivity contribution in [2.45, 2.75) is 18.6 Å². The van der Waals surface area contributed by atoms with E-state index in [1.807, 2.05) is 6.07 Å². The van der Waals surface area contributed by atoms with Crippen molar-refractivity contribution in [3.8, 4) is 5.75 Å². The molecule has 0 unspecified atom stereocenters. The molecule has 0 aromatic heterocycles. The molecule has 1 aliphatic heterocycles. The molecule has 18 heavy (non-hydrogen) atoms. The fourth-order valence-electron chi connectivity index (χ4n) is 2.28. The molecule has 6 nitrogen and oxygen atoms in total. The van der Waals surface area contributed by atoms with Crippen LogP contribution in [0.5, 0.6) is 5.75 Å². The van der Waals surface area contributed by atoms with Crippen LogP contribution in [0.3, 0.4) is 0 Å². The Kier molecular flexibility index (Phi) is 2.26. The number of hydrogen-bond acceptors (Lipinski definition) is 5. The maximum absolute atomic E-state index is 11.8. The van der Waals surface area contributed by atoms with Crippen LogP contribution in [0.15, 0.2) is 24.3 Å². The van der Waals surface area contributed by atoms with Gasteiger partial charge in [-0.1, -0.05) is 18.2 Å². The number of esters is 1. The Bertz CT molecular complexity index is 529. The maximum Gasteiger partial charge on any atom is 0.385 e. The average molecular weight is 249 g/mol. The molecule has 0 N–H and O–H groups in total. The van der Waals surface area contributed by atoms with Crippen LogP contribution in [0, 0.1) is 16.0 Å². The molecule has 0 radical (unpaired) electrons. The van der Waals surface area contributed by atoms with Gasteiger partial charge in [0, 0.05) is 16.9 Å². The Hall–Kier alpha value is -2.11. The summed E-state index contributed by atoms with van der Waals surface area (Å²) in [6.07, 6.45) is 0.195. The van der Waals surface area contributed by atoms with Gasteiger partial charge < -0.3 is 9.47 Å². The van der Waals surface area contributed by atoms with Gasteiger partial charge in [0.1, 0.15) is 12.4 Å². The monoisotopic (exact) mass is 249 g/mol. The molecule has 94 valence electrons. The van der Waals surface area contributed by atoms with Gasteiger partial charge in [0.2, 0.25) is 0 Å². The van der Waals surface area contributed by atoms with Gasteiger partial charge in [0.25, 0.3) is 0 Å². The number of nitro groups is 1. The molecule has 1 aliphatic carbocycles. The smallest absolute Gasteiger partial charge is 0.385 e. The summed E-state index contributed by atoms with van der Waals surface area (Å²) in [5, 5.41) is 11.0. The summed E-state index contributed by atoms with van der Waals surface area (Å²) in [5.41, 5.74) is -0.854. The van der Waals surface area contributed by atoms with E-state index in [0.717, 1.165) is 5.56 Å². The molecule has 3 rings (SSSR count). The molecule has 2 aliphatic rings. The number of nitrogens with zero attached hydrogens (tertiary/aromatic N) is 1. The summed E-state index contributed by atoms with van der Waals surface area (Å²) >= 11 is 0. The quantitative estimate of drug-likeness (QED) is 0.424. The molecular formula is C12H11NO5. The van der Waals surface area contributed by atoms with Crippen LogP contribution in [0.2, 0.25) is 0 Å². The van der Waals surface area contributed by atoms with E-state index in [-0.39, 0.29) is 19.6 Å². The second-order valence-electron chi connectivity index (χ2n) is 4.58. The van der Waals surface area contributed by atoms with Gasteiger partial charge in [-0.15, -0.1) is 0 Å². The number of ether oxygens (including phenoxy) is 2. The molecular weight excluding hydrogens is 238 g/mol. The van der Waals surface area contributed by atoms with E-state index in [1.54, 1.807) is 18.2 Å². The van der Waals surface area contributed by atoms with Crippen molar-refractivity contribution >= 4 is 5.97 Å². The van der Waals surface area contributed by atoms with Crippen molar-refractivity contribution in [2.24, 2.45) is 5.92 Å². The number of rotatable bonds is 1. The summed E-state index contributed by atoms with van der Waals surface area (Å²) in [6.45, 7) is 0.185. The molecule has 0 amide bonds. The first-order valence-corrected chi connectivity index (χ1v) is 5.67. The lowest BCUT2D eigenvalue weighted by Gasteiger charge is -2.09. The predicted octanol–water partition coefficient (Wildman–Crippen LogP) is 1.16. The Morgan fingerprint density at radius 2 is 2.11 bits per heavy atom. The Morgan fingerprint density at radius 3 is 2.89 bits per heavy atom. The van der Waals surface area contributed by atoms with Crippen LogP contribution in [-0.4, -0.2) is 23.0 Å². The van der Waals surface area contributed by atoms with Crippen LogP contribution in [0.1, 0.15) is 12.0 Å². The second-order valence-corrected chi connectivity index (χ2v) is 4.58. The number of carbonyl (C=O) groups excluding carboxylic acids is 1. The minimum absolute atomic E-state index is 0.0112. The number of carbonyl (C=O) groups is 1. The number of fused-ring (bicyclic) bond motifs is 2. The zero-order valence-electron chi connectivity index (χ0n) is 9.50. The summed E-state index contributed by atoms with van der Waals surface area (Å²) in [5.74, 6) is -0.527. The van der Waals surface area contributed by atoms with Crippen molar-refractivity contribution in [1.82, 2.24) is 0 Å². The zero-order valence-corrected chi connectivity index (χ0v) is 9.50. The van der Waals surface area contributed by atoms with Crippen molar-refractivity contribution in [2.75, 3.05) is 6.61 Å². The van der Waals surface area contributed by atoms with Crippen LogP contribution in [0.4, 0.5) is 0 Å². The minimum atomic E-state index is -1.58. The number of hydrogen-bond donors (Lipinski definition) is 0. The molecule has 6 heteroatoms. The fraction of sp³-hybridized carbons (Fsp3) is 0.417. The first-order valence-electron chi connectivity index (χ1n) is 5.67. The standard InChI is InChI=1S/C12H11NO5/c14-11-12(13(15)16)5-9(12)7-17-10-4-2-1-3-8(10)6-18-11/h1-4,9H,5-7H2/t9-,12-/m0/s1. The van der Waals surface area contributed by atoms with E-state index in [9.17, 15) is 14.9 Å². The molecule has 1 fully saturated rings. The molecule has 0 bridgehead atoms. The Labute approximate surface area is 103 Å². The van der Waals surface area contributed by atoms with Crippen molar-refractivity contribution in [3.63, 3.8) is 0 Å². The van der Waals surface area contributed by atoms with Crippen molar-refractivity contribution in [3.05, 3.63) is 39.9 Å². The highest BCUT2D eigenvalue weighted by molar-refractivity contribution is 5.83. The van der Waals surface area contributed by atoms with Crippen LogP contribution < -0.4 is 4.74 Å². The predicted molar refractivity (Wildman–Crippen MR) is 59.6 cm³/mol. The minimum Gasteiger partial charge on any atom is -0.493 e. The Morgan fingerprint density at radius 1 is 1.33 bits per heavy atom. The first kappa shape index (κ1) is 11.0. The van der Waals surface area contributed by atoms with E-state index < -0.39 is 22.3 Å². The second kappa shape index (κ2) is 3.69. The largest absolute Gasteiger partial charge is 0.493 e. The third-order valence-corrected chi connectivity index (χ3v) is 3.52. The van der Waals surface area contributed by atoms with Gasteiger partial charge in [-0.25, -0.2) is 4.79 Å². The fourth-order valence-corrected chi connectivity index (χ4v) is 2.28. The molecule has 1 aromatic carbocycles.